The van der Waals surface area contributed by atoms with Crippen LogP contribution in [0, 0.1) is 5.82 Å². The second-order valence-electron chi connectivity index (χ2n) is 5.81. The molecule has 0 aliphatic carbocycles. The number of anilines is 1. The smallest absolute Gasteiger partial charge is 0.380 e. The quantitative estimate of drug-likeness (QED) is 0.845. The van der Waals surface area contributed by atoms with Gasteiger partial charge < -0.3 is 5.32 Å². The lowest BCUT2D eigenvalue weighted by Gasteiger charge is -2.22. The summed E-state index contributed by atoms with van der Waals surface area (Å²) in [5, 5.41) is 2.81. The number of rotatable bonds is 4. The predicted molar refractivity (Wildman–Crippen MR) is 78.4 cm³/mol. The van der Waals surface area contributed by atoms with E-state index in [0.717, 1.165) is 18.7 Å². The molecule has 1 aliphatic heterocycles. The van der Waals surface area contributed by atoms with Crippen LogP contribution in [0.4, 0.5) is 23.2 Å². The lowest BCUT2D eigenvalue weighted by molar-refractivity contribution is -0.0435. The zero-order chi connectivity index (χ0) is 17.4. The van der Waals surface area contributed by atoms with E-state index in [9.17, 15) is 26.0 Å². The van der Waals surface area contributed by atoms with Gasteiger partial charge in [0.05, 0.1) is 5.69 Å². The lowest BCUT2D eigenvalue weighted by Crippen LogP contribution is -2.32. The summed E-state index contributed by atoms with van der Waals surface area (Å²) in [5.74, 6) is -1.03. The van der Waals surface area contributed by atoms with Crippen LogP contribution in [0.3, 0.4) is 0 Å². The highest BCUT2D eigenvalue weighted by Gasteiger charge is 2.48. The van der Waals surface area contributed by atoms with E-state index in [0.29, 0.717) is 19.0 Å². The van der Waals surface area contributed by atoms with Crippen molar-refractivity contribution in [2.45, 2.75) is 42.8 Å². The van der Waals surface area contributed by atoms with Crippen molar-refractivity contribution < 1.29 is 26.0 Å². The molecular weight excluding hydrogens is 336 g/mol. The molecule has 1 fully saturated rings. The number of alkyl halides is 3. The van der Waals surface area contributed by atoms with E-state index >= 15 is 0 Å². The van der Waals surface area contributed by atoms with E-state index in [1.54, 1.807) is 0 Å². The Labute approximate surface area is 132 Å². The second-order valence-corrected chi connectivity index (χ2v) is 7.72. The molecule has 9 heteroatoms. The molecule has 1 saturated heterocycles. The summed E-state index contributed by atoms with van der Waals surface area (Å²) >= 11 is 0. The zero-order valence-corrected chi connectivity index (χ0v) is 13.5. The fraction of sp³-hybridized carbons (Fsp3) is 0.571. The van der Waals surface area contributed by atoms with Crippen LogP contribution in [-0.4, -0.2) is 44.0 Å². The van der Waals surface area contributed by atoms with Crippen molar-refractivity contribution in [3.63, 3.8) is 0 Å². The van der Waals surface area contributed by atoms with Gasteiger partial charge in [0.15, 0.2) is 0 Å². The minimum atomic E-state index is -5.62. The van der Waals surface area contributed by atoms with Crippen LogP contribution in [0.2, 0.25) is 0 Å². The highest BCUT2D eigenvalue weighted by atomic mass is 32.2. The van der Waals surface area contributed by atoms with Crippen LogP contribution in [0.15, 0.2) is 23.1 Å². The van der Waals surface area contributed by atoms with Gasteiger partial charge in [-0.1, -0.05) is 0 Å². The van der Waals surface area contributed by atoms with Crippen LogP contribution in [0.1, 0.15) is 20.3 Å². The molecule has 130 valence electrons. The Balaban J connectivity index is 2.31. The molecule has 1 heterocycles. The third-order valence-corrected chi connectivity index (χ3v) is 5.37. The number of hydrogen-bond acceptors (Lipinski definition) is 4. The normalized spacial score (nSPS) is 20.2. The Morgan fingerprint density at radius 1 is 1.30 bits per heavy atom. The maximum absolute atomic E-state index is 13.3. The van der Waals surface area contributed by atoms with Crippen molar-refractivity contribution in [3.8, 4) is 0 Å². The number of benzene rings is 1. The molecule has 0 saturated carbocycles. The van der Waals surface area contributed by atoms with Crippen molar-refractivity contribution in [3.05, 3.63) is 24.0 Å². The topological polar surface area (TPSA) is 49.4 Å². The molecule has 1 aromatic rings. The van der Waals surface area contributed by atoms with Gasteiger partial charge in [0.1, 0.15) is 10.7 Å². The Hall–Kier alpha value is -1.35. The van der Waals surface area contributed by atoms with Crippen molar-refractivity contribution in [1.29, 1.82) is 0 Å². The summed E-state index contributed by atoms with van der Waals surface area (Å²) in [6, 6.07) is 2.47. The summed E-state index contributed by atoms with van der Waals surface area (Å²) in [7, 11) is -5.62. The SMILES string of the molecule is CC(C)N1CCC(Nc2ccc(F)cc2S(=O)(=O)C(F)(F)F)C1. The molecule has 0 amide bonds. The molecule has 0 aromatic heterocycles. The highest BCUT2D eigenvalue weighted by molar-refractivity contribution is 7.92. The van der Waals surface area contributed by atoms with E-state index in [1.807, 2.05) is 13.8 Å². The first-order chi connectivity index (χ1) is 10.5. The van der Waals surface area contributed by atoms with E-state index < -0.39 is 26.1 Å². The van der Waals surface area contributed by atoms with Gasteiger partial charge in [-0.05, 0) is 38.5 Å². The summed E-state index contributed by atoms with van der Waals surface area (Å²) in [4.78, 5) is 1.05. The minimum absolute atomic E-state index is 0.190. The van der Waals surface area contributed by atoms with Gasteiger partial charge in [-0.25, -0.2) is 12.8 Å². The molecule has 0 bridgehead atoms. The Morgan fingerprint density at radius 2 is 1.96 bits per heavy atom. The van der Waals surface area contributed by atoms with Gasteiger partial charge in [0.25, 0.3) is 9.84 Å². The van der Waals surface area contributed by atoms with Crippen LogP contribution in [0.25, 0.3) is 0 Å². The molecule has 4 nitrogen and oxygen atoms in total. The molecule has 1 aromatic carbocycles. The molecule has 2 rings (SSSR count). The van der Waals surface area contributed by atoms with Crippen molar-refractivity contribution >= 4 is 15.5 Å². The van der Waals surface area contributed by atoms with Gasteiger partial charge in [-0.3, -0.25) is 4.90 Å². The molecule has 23 heavy (non-hydrogen) atoms. The zero-order valence-electron chi connectivity index (χ0n) is 12.7. The number of halogens is 4. The average Bonchev–Trinajstić information content (AvgIpc) is 2.88. The van der Waals surface area contributed by atoms with Crippen LogP contribution >= 0.6 is 0 Å². The minimum Gasteiger partial charge on any atom is -0.380 e. The molecule has 0 spiro atoms. The standard InChI is InChI=1S/C14H18F4N2O2S/c1-9(2)20-6-5-11(8-20)19-12-4-3-10(15)7-13(12)23(21,22)14(16,17)18/h3-4,7,9,11,19H,5-6,8H2,1-2H3. The van der Waals surface area contributed by atoms with Gasteiger partial charge in [-0.2, -0.15) is 13.2 Å². The second kappa shape index (κ2) is 6.27. The third-order valence-electron chi connectivity index (χ3n) is 3.85. The first-order valence-corrected chi connectivity index (χ1v) is 8.62. The number of sulfone groups is 1. The van der Waals surface area contributed by atoms with E-state index in [4.69, 9.17) is 0 Å². The summed E-state index contributed by atoms with van der Waals surface area (Å²) in [5.41, 5.74) is -5.70. The monoisotopic (exact) mass is 354 g/mol. The number of likely N-dealkylation sites (tertiary alicyclic amines) is 1. The van der Waals surface area contributed by atoms with E-state index in [-0.39, 0.29) is 17.8 Å². The highest BCUT2D eigenvalue weighted by Crippen LogP contribution is 2.35. The fourth-order valence-corrected chi connectivity index (χ4v) is 3.49. The third kappa shape index (κ3) is 3.77. The van der Waals surface area contributed by atoms with E-state index in [2.05, 4.69) is 10.2 Å². The summed E-state index contributed by atoms with van der Waals surface area (Å²) < 4.78 is 74.8. The molecular formula is C14H18F4N2O2S. The summed E-state index contributed by atoms with van der Waals surface area (Å²) in [6.45, 7) is 5.35. The van der Waals surface area contributed by atoms with E-state index in [1.165, 1.54) is 0 Å². The first-order valence-electron chi connectivity index (χ1n) is 7.14. The number of nitrogens with one attached hydrogen (secondary N) is 1. The Bertz CT molecular complexity index is 674. The number of nitrogens with zero attached hydrogens (tertiary/aromatic N) is 1. The molecule has 1 aliphatic rings. The Kier molecular flexibility index (Phi) is 4.91. The predicted octanol–water partition coefficient (Wildman–Crippen LogP) is 3.01. The lowest BCUT2D eigenvalue weighted by atomic mass is 10.2. The van der Waals surface area contributed by atoms with Crippen LogP contribution in [0.5, 0.6) is 0 Å². The Morgan fingerprint density at radius 3 is 2.48 bits per heavy atom. The molecule has 1 atom stereocenters. The van der Waals surface area contributed by atoms with Gasteiger partial charge in [-0.15, -0.1) is 0 Å². The van der Waals surface area contributed by atoms with Gasteiger partial charge >= 0.3 is 5.51 Å². The van der Waals surface area contributed by atoms with Gasteiger partial charge in [0, 0.05) is 25.2 Å². The largest absolute Gasteiger partial charge is 0.501 e. The van der Waals surface area contributed by atoms with Crippen molar-refractivity contribution in [1.82, 2.24) is 4.90 Å². The molecule has 0 radical (unpaired) electrons. The first kappa shape index (κ1) is 18.0. The fourth-order valence-electron chi connectivity index (χ4n) is 2.56. The van der Waals surface area contributed by atoms with Crippen molar-refractivity contribution in [2.24, 2.45) is 0 Å². The summed E-state index contributed by atoms with van der Waals surface area (Å²) in [6.07, 6.45) is 0.668. The van der Waals surface area contributed by atoms with Crippen LogP contribution < -0.4 is 5.32 Å². The van der Waals surface area contributed by atoms with Crippen molar-refractivity contribution in [2.75, 3.05) is 18.4 Å². The maximum atomic E-state index is 13.3. The maximum Gasteiger partial charge on any atom is 0.501 e. The average molecular weight is 354 g/mol. The van der Waals surface area contributed by atoms with Crippen LogP contribution in [-0.2, 0) is 9.84 Å². The van der Waals surface area contributed by atoms with Gasteiger partial charge in [0.2, 0.25) is 0 Å². The molecule has 1 N–H and O–H groups in total. The number of hydrogen-bond donors (Lipinski definition) is 1. The molecule has 1 unspecified atom stereocenters.